The molecule has 0 aliphatic heterocycles. The SMILES string of the molecule is CCOCC.CCOCC.CCOCC.CCOCC.Cc1[c-]c(C)cc(C)c1.[Ca+2].[I-]. The topological polar surface area (TPSA) is 36.9 Å². The second-order valence-corrected chi connectivity index (χ2v) is 5.65. The van der Waals surface area contributed by atoms with Crippen LogP contribution in [0.2, 0.25) is 0 Å². The van der Waals surface area contributed by atoms with Gasteiger partial charge in [0.1, 0.15) is 0 Å². The summed E-state index contributed by atoms with van der Waals surface area (Å²) in [7, 11) is 0. The molecule has 0 N–H and O–H groups in total. The van der Waals surface area contributed by atoms with Crippen LogP contribution in [0.25, 0.3) is 0 Å². The Balaban J connectivity index is -0.0000000640. The number of benzene rings is 1. The second-order valence-electron chi connectivity index (χ2n) is 5.65. The van der Waals surface area contributed by atoms with E-state index in [0.717, 1.165) is 52.9 Å². The Kier molecular flexibility index (Phi) is 65.6. The molecule has 0 bridgehead atoms. The number of aryl methyl sites for hydroxylation is 3. The zero-order valence-electron chi connectivity index (χ0n) is 22.5. The summed E-state index contributed by atoms with van der Waals surface area (Å²) in [5.41, 5.74) is 3.78. The molecule has 0 saturated carbocycles. The molecule has 184 valence electrons. The smallest absolute Gasteiger partial charge is 1.00 e. The standard InChI is InChI=1S/C9H11.4C4H10O.Ca.HI/c1-7-4-8(2)6-9(3)5-7;4*1-3-5-4-2;;/h4-5H,1-3H3;4*3-4H2,1-2H3;;1H/q-1;;;;;+2;/p-1. The Hall–Kier alpha value is 1.05. The van der Waals surface area contributed by atoms with Crippen molar-refractivity contribution in [2.45, 2.75) is 76.2 Å². The summed E-state index contributed by atoms with van der Waals surface area (Å²) >= 11 is 0. The van der Waals surface area contributed by atoms with Crippen molar-refractivity contribution in [2.75, 3.05) is 52.9 Å². The molecule has 0 fully saturated rings. The number of rotatable bonds is 8. The van der Waals surface area contributed by atoms with Gasteiger partial charge in [-0.2, -0.15) is 34.9 Å². The second kappa shape index (κ2) is 44.7. The maximum atomic E-state index is 4.83. The van der Waals surface area contributed by atoms with E-state index in [9.17, 15) is 0 Å². The van der Waals surface area contributed by atoms with Crippen LogP contribution in [0.3, 0.4) is 0 Å². The first-order chi connectivity index (χ1) is 13.8. The first-order valence-corrected chi connectivity index (χ1v) is 11.1. The van der Waals surface area contributed by atoms with Crippen molar-refractivity contribution >= 4 is 37.7 Å². The molecule has 0 amide bonds. The van der Waals surface area contributed by atoms with Gasteiger partial charge in [-0.25, -0.2) is 0 Å². The molecule has 6 heteroatoms. The fourth-order valence-corrected chi connectivity index (χ4v) is 1.92. The Morgan fingerprint density at radius 2 is 0.710 bits per heavy atom. The average Bonchev–Trinajstić information content (AvgIpc) is 2.65. The summed E-state index contributed by atoms with van der Waals surface area (Å²) in [6.07, 6.45) is 0. The quantitative estimate of drug-likeness (QED) is 0.268. The molecule has 0 aromatic heterocycles. The van der Waals surface area contributed by atoms with Crippen molar-refractivity contribution in [3.8, 4) is 0 Å². The van der Waals surface area contributed by atoms with E-state index in [0.29, 0.717) is 0 Å². The number of halogens is 1. The van der Waals surface area contributed by atoms with Crippen molar-refractivity contribution in [1.29, 1.82) is 0 Å². The summed E-state index contributed by atoms with van der Waals surface area (Å²) in [5, 5.41) is 0. The molecular weight excluding hydrogens is 531 g/mol. The number of hydrogen-bond acceptors (Lipinski definition) is 4. The Morgan fingerprint density at radius 3 is 0.806 bits per heavy atom. The first-order valence-electron chi connectivity index (χ1n) is 11.1. The van der Waals surface area contributed by atoms with Crippen molar-refractivity contribution in [3.05, 3.63) is 34.9 Å². The van der Waals surface area contributed by atoms with Crippen LogP contribution in [0.4, 0.5) is 0 Å². The fourth-order valence-electron chi connectivity index (χ4n) is 1.92. The minimum absolute atomic E-state index is 0. The van der Waals surface area contributed by atoms with Gasteiger partial charge in [0.2, 0.25) is 0 Å². The summed E-state index contributed by atoms with van der Waals surface area (Å²) < 4.78 is 19.3. The molecule has 0 saturated heterocycles. The van der Waals surface area contributed by atoms with Crippen LogP contribution in [0.1, 0.15) is 72.1 Å². The molecule has 0 spiro atoms. The molecule has 0 heterocycles. The minimum Gasteiger partial charge on any atom is -1.00 e. The largest absolute Gasteiger partial charge is 2.00 e. The molecule has 0 aliphatic carbocycles. The zero-order valence-corrected chi connectivity index (χ0v) is 26.9. The molecule has 0 unspecified atom stereocenters. The van der Waals surface area contributed by atoms with Gasteiger partial charge in [0.25, 0.3) is 0 Å². The summed E-state index contributed by atoms with van der Waals surface area (Å²) in [6.45, 7) is 28.9. The van der Waals surface area contributed by atoms with Crippen LogP contribution < -0.4 is 24.0 Å². The van der Waals surface area contributed by atoms with Crippen LogP contribution in [0.5, 0.6) is 0 Å². The van der Waals surface area contributed by atoms with E-state index >= 15 is 0 Å². The first kappa shape index (κ1) is 45.5. The third-order valence-electron chi connectivity index (χ3n) is 2.92. The molecule has 0 atom stereocenters. The maximum absolute atomic E-state index is 4.83. The molecule has 0 aliphatic rings. The predicted molar refractivity (Wildman–Crippen MR) is 134 cm³/mol. The van der Waals surface area contributed by atoms with E-state index in [1.807, 2.05) is 55.4 Å². The van der Waals surface area contributed by atoms with Gasteiger partial charge in [0.15, 0.2) is 0 Å². The average molecular weight is 583 g/mol. The van der Waals surface area contributed by atoms with Gasteiger partial charge >= 0.3 is 37.7 Å². The fraction of sp³-hybridized carbons (Fsp3) is 0.760. The molecule has 31 heavy (non-hydrogen) atoms. The van der Waals surface area contributed by atoms with Crippen LogP contribution in [-0.4, -0.2) is 90.6 Å². The van der Waals surface area contributed by atoms with Crippen LogP contribution >= 0.6 is 0 Å². The van der Waals surface area contributed by atoms with Crippen molar-refractivity contribution in [1.82, 2.24) is 0 Å². The van der Waals surface area contributed by atoms with Crippen LogP contribution in [-0.2, 0) is 18.9 Å². The minimum atomic E-state index is 0. The molecule has 1 aromatic rings. The van der Waals surface area contributed by atoms with Gasteiger partial charge in [-0.05, 0) is 55.4 Å². The van der Waals surface area contributed by atoms with Crippen LogP contribution in [0, 0.1) is 26.8 Å². The van der Waals surface area contributed by atoms with Gasteiger partial charge in [-0.15, -0.1) is 0 Å². The van der Waals surface area contributed by atoms with Crippen molar-refractivity contribution < 1.29 is 42.9 Å². The number of hydrogen-bond donors (Lipinski definition) is 0. The molecule has 4 nitrogen and oxygen atoms in total. The van der Waals surface area contributed by atoms with Gasteiger partial charge in [-0.3, -0.25) is 0 Å². The monoisotopic (exact) mass is 582 g/mol. The Labute approximate surface area is 242 Å². The summed E-state index contributed by atoms with van der Waals surface area (Å²) in [5.74, 6) is 0. The van der Waals surface area contributed by atoms with E-state index in [4.69, 9.17) is 18.9 Å². The molecule has 0 radical (unpaired) electrons. The predicted octanol–water partition coefficient (Wildman–Crippen LogP) is 3.21. The zero-order chi connectivity index (χ0) is 23.3. The van der Waals surface area contributed by atoms with E-state index in [1.165, 1.54) is 16.7 Å². The Morgan fingerprint density at radius 1 is 0.516 bits per heavy atom. The Bertz CT molecular complexity index is 311. The molecule has 1 rings (SSSR count). The third kappa shape index (κ3) is 59.1. The van der Waals surface area contributed by atoms with E-state index < -0.39 is 0 Å². The number of ether oxygens (including phenoxy) is 4. The normalized spacial score (nSPS) is 8.23. The molecular formula is C25H51CaIO4. The molecule has 1 aromatic carbocycles. The van der Waals surface area contributed by atoms with Gasteiger partial charge < -0.3 is 42.9 Å². The third-order valence-corrected chi connectivity index (χ3v) is 2.92. The van der Waals surface area contributed by atoms with Gasteiger partial charge in [0, 0.05) is 52.9 Å². The summed E-state index contributed by atoms with van der Waals surface area (Å²) in [6, 6.07) is 7.47. The summed E-state index contributed by atoms with van der Waals surface area (Å²) in [4.78, 5) is 0. The maximum Gasteiger partial charge on any atom is 2.00 e. The van der Waals surface area contributed by atoms with Crippen molar-refractivity contribution in [2.24, 2.45) is 0 Å². The van der Waals surface area contributed by atoms with Gasteiger partial charge in [0.05, 0.1) is 0 Å². The van der Waals surface area contributed by atoms with E-state index in [2.05, 4.69) is 39.0 Å². The van der Waals surface area contributed by atoms with Crippen LogP contribution in [0.15, 0.2) is 12.1 Å². The van der Waals surface area contributed by atoms with E-state index in [1.54, 1.807) is 0 Å². The van der Waals surface area contributed by atoms with E-state index in [-0.39, 0.29) is 61.7 Å². The van der Waals surface area contributed by atoms with Crippen molar-refractivity contribution in [3.63, 3.8) is 0 Å². The van der Waals surface area contributed by atoms with Gasteiger partial charge in [-0.1, -0.05) is 20.8 Å².